The van der Waals surface area contributed by atoms with Gasteiger partial charge in [0.05, 0.1) is 6.10 Å². The molecule has 0 aliphatic carbocycles. The number of unbranched alkanes of at least 4 members (excludes halogenated alkanes) is 6. The average Bonchev–Trinajstić information content (AvgIpc) is 2.36. The van der Waals surface area contributed by atoms with Gasteiger partial charge in [-0.3, -0.25) is 0 Å². The summed E-state index contributed by atoms with van der Waals surface area (Å²) in [4.78, 5) is 0. The van der Waals surface area contributed by atoms with Crippen molar-refractivity contribution < 1.29 is 5.11 Å². The number of benzene rings is 1. The van der Waals surface area contributed by atoms with Crippen molar-refractivity contribution in [1.82, 2.24) is 0 Å². The Bertz CT molecular complexity index is 372. The lowest BCUT2D eigenvalue weighted by Crippen LogP contribution is -2.03. The van der Waals surface area contributed by atoms with Crippen molar-refractivity contribution in [2.24, 2.45) is 0 Å². The van der Waals surface area contributed by atoms with E-state index >= 15 is 0 Å². The topological polar surface area (TPSA) is 20.2 Å². The van der Waals surface area contributed by atoms with Crippen LogP contribution in [-0.2, 0) is 0 Å². The summed E-state index contributed by atoms with van der Waals surface area (Å²) < 4.78 is 0. The molecular formula is C19H32O. The van der Waals surface area contributed by atoms with Gasteiger partial charge >= 0.3 is 0 Å². The van der Waals surface area contributed by atoms with E-state index in [1.807, 2.05) is 0 Å². The third-order valence-corrected chi connectivity index (χ3v) is 4.15. The van der Waals surface area contributed by atoms with Crippen LogP contribution in [0.3, 0.4) is 0 Å². The number of rotatable bonds is 9. The van der Waals surface area contributed by atoms with Gasteiger partial charge < -0.3 is 5.11 Å². The van der Waals surface area contributed by atoms with Crippen molar-refractivity contribution in [3.05, 3.63) is 34.4 Å². The second-order valence-electron chi connectivity index (χ2n) is 6.24. The summed E-state index contributed by atoms with van der Waals surface area (Å²) in [6.07, 6.45) is 9.73. The van der Waals surface area contributed by atoms with E-state index in [0.29, 0.717) is 0 Å². The number of aryl methyl sites for hydroxylation is 3. The second kappa shape index (κ2) is 9.18. The molecule has 0 saturated carbocycles. The van der Waals surface area contributed by atoms with Crippen LogP contribution in [0.1, 0.15) is 86.6 Å². The quantitative estimate of drug-likeness (QED) is 0.566. The van der Waals surface area contributed by atoms with E-state index in [-0.39, 0.29) is 6.10 Å². The molecule has 114 valence electrons. The van der Waals surface area contributed by atoms with Crippen LogP contribution in [0.5, 0.6) is 0 Å². The van der Waals surface area contributed by atoms with E-state index in [1.54, 1.807) is 0 Å². The minimum atomic E-state index is -0.286. The smallest absolute Gasteiger partial charge is 0.0795 e. The fraction of sp³-hybridized carbons (Fsp3) is 0.684. The molecule has 0 fully saturated rings. The Balaban J connectivity index is 2.34. The Kier molecular flexibility index (Phi) is 7.91. The molecule has 20 heavy (non-hydrogen) atoms. The fourth-order valence-corrected chi connectivity index (χ4v) is 3.16. The van der Waals surface area contributed by atoms with E-state index in [4.69, 9.17) is 0 Å². The molecule has 1 atom stereocenters. The summed E-state index contributed by atoms with van der Waals surface area (Å²) in [5.41, 5.74) is 4.91. The highest BCUT2D eigenvalue weighted by Gasteiger charge is 2.13. The van der Waals surface area contributed by atoms with Crippen LogP contribution in [0.4, 0.5) is 0 Å². The van der Waals surface area contributed by atoms with Crippen LogP contribution in [0.15, 0.2) is 12.1 Å². The number of hydrogen-bond acceptors (Lipinski definition) is 1. The first kappa shape index (κ1) is 17.2. The first-order chi connectivity index (χ1) is 9.56. The molecule has 0 radical (unpaired) electrons. The molecule has 1 unspecified atom stereocenters. The Morgan fingerprint density at radius 3 is 1.90 bits per heavy atom. The van der Waals surface area contributed by atoms with Gasteiger partial charge in [0.25, 0.3) is 0 Å². The predicted octanol–water partition coefficient (Wildman–Crippen LogP) is 5.79. The summed E-state index contributed by atoms with van der Waals surface area (Å²) in [7, 11) is 0. The standard InChI is InChI=1S/C19H32O/c1-5-6-7-8-9-10-11-12-18(20)19-16(3)13-15(2)14-17(19)4/h13-14,18,20H,5-12H2,1-4H3. The zero-order valence-electron chi connectivity index (χ0n) is 13.8. The van der Waals surface area contributed by atoms with Gasteiger partial charge in [-0.2, -0.15) is 0 Å². The maximum Gasteiger partial charge on any atom is 0.0795 e. The summed E-state index contributed by atoms with van der Waals surface area (Å²) in [6, 6.07) is 4.35. The molecule has 1 heteroatoms. The Labute approximate surface area is 125 Å². The van der Waals surface area contributed by atoms with Gasteiger partial charge in [0, 0.05) is 0 Å². The highest BCUT2D eigenvalue weighted by Crippen LogP contribution is 2.27. The van der Waals surface area contributed by atoms with Crippen LogP contribution >= 0.6 is 0 Å². The first-order valence-electron chi connectivity index (χ1n) is 8.32. The molecule has 0 aliphatic rings. The normalized spacial score (nSPS) is 12.7. The summed E-state index contributed by atoms with van der Waals surface area (Å²) in [5, 5.41) is 10.4. The van der Waals surface area contributed by atoms with Crippen LogP contribution in [-0.4, -0.2) is 5.11 Å². The SMILES string of the molecule is CCCCCCCCCC(O)c1c(C)cc(C)cc1C. The van der Waals surface area contributed by atoms with Crippen molar-refractivity contribution in [2.75, 3.05) is 0 Å². The Hall–Kier alpha value is -0.820. The second-order valence-corrected chi connectivity index (χ2v) is 6.24. The molecule has 1 aromatic carbocycles. The van der Waals surface area contributed by atoms with Crippen molar-refractivity contribution in [3.8, 4) is 0 Å². The van der Waals surface area contributed by atoms with Crippen molar-refractivity contribution in [2.45, 2.75) is 85.2 Å². The van der Waals surface area contributed by atoms with E-state index in [0.717, 1.165) is 18.4 Å². The van der Waals surface area contributed by atoms with E-state index < -0.39 is 0 Å². The van der Waals surface area contributed by atoms with Crippen molar-refractivity contribution in [1.29, 1.82) is 0 Å². The lowest BCUT2D eigenvalue weighted by molar-refractivity contribution is 0.162. The predicted molar refractivity (Wildman–Crippen MR) is 88.2 cm³/mol. The Morgan fingerprint density at radius 2 is 1.35 bits per heavy atom. The summed E-state index contributed by atoms with van der Waals surface area (Å²) in [5.74, 6) is 0. The zero-order valence-corrected chi connectivity index (χ0v) is 13.8. The minimum absolute atomic E-state index is 0.286. The molecule has 0 aliphatic heterocycles. The van der Waals surface area contributed by atoms with Gasteiger partial charge in [-0.05, 0) is 43.9 Å². The summed E-state index contributed by atoms with van der Waals surface area (Å²) >= 11 is 0. The zero-order chi connectivity index (χ0) is 15.0. The van der Waals surface area contributed by atoms with E-state index in [2.05, 4.69) is 39.8 Å². The van der Waals surface area contributed by atoms with Gasteiger partial charge in [0.2, 0.25) is 0 Å². The lowest BCUT2D eigenvalue weighted by Gasteiger charge is -2.17. The molecule has 0 saturated heterocycles. The molecule has 1 nitrogen and oxygen atoms in total. The van der Waals surface area contributed by atoms with Crippen LogP contribution in [0.25, 0.3) is 0 Å². The van der Waals surface area contributed by atoms with Gasteiger partial charge in [-0.15, -0.1) is 0 Å². The molecule has 0 bridgehead atoms. The Morgan fingerprint density at radius 1 is 0.850 bits per heavy atom. The maximum absolute atomic E-state index is 10.4. The van der Waals surface area contributed by atoms with Gasteiger partial charge in [0.15, 0.2) is 0 Å². The fourth-order valence-electron chi connectivity index (χ4n) is 3.16. The van der Waals surface area contributed by atoms with Gasteiger partial charge in [-0.25, -0.2) is 0 Å². The third-order valence-electron chi connectivity index (χ3n) is 4.15. The van der Waals surface area contributed by atoms with Crippen LogP contribution < -0.4 is 0 Å². The number of hydrogen-bond donors (Lipinski definition) is 1. The lowest BCUT2D eigenvalue weighted by atomic mass is 9.93. The molecule has 1 aromatic rings. The first-order valence-corrected chi connectivity index (χ1v) is 8.32. The third kappa shape index (κ3) is 5.66. The highest BCUT2D eigenvalue weighted by molar-refractivity contribution is 5.38. The molecular weight excluding hydrogens is 244 g/mol. The van der Waals surface area contributed by atoms with Crippen molar-refractivity contribution in [3.63, 3.8) is 0 Å². The molecule has 1 N–H and O–H groups in total. The van der Waals surface area contributed by atoms with E-state index in [1.165, 1.54) is 55.2 Å². The highest BCUT2D eigenvalue weighted by atomic mass is 16.3. The molecule has 0 spiro atoms. The molecule has 0 amide bonds. The maximum atomic E-state index is 10.4. The molecule has 0 aromatic heterocycles. The molecule has 0 heterocycles. The largest absolute Gasteiger partial charge is 0.388 e. The monoisotopic (exact) mass is 276 g/mol. The minimum Gasteiger partial charge on any atom is -0.388 e. The average molecular weight is 276 g/mol. The van der Waals surface area contributed by atoms with Crippen LogP contribution in [0.2, 0.25) is 0 Å². The van der Waals surface area contributed by atoms with E-state index in [9.17, 15) is 5.11 Å². The van der Waals surface area contributed by atoms with Gasteiger partial charge in [-0.1, -0.05) is 69.6 Å². The summed E-state index contributed by atoms with van der Waals surface area (Å²) in [6.45, 7) is 8.60. The van der Waals surface area contributed by atoms with Gasteiger partial charge in [0.1, 0.15) is 0 Å². The molecule has 1 rings (SSSR count). The van der Waals surface area contributed by atoms with Crippen LogP contribution in [0, 0.1) is 20.8 Å². The van der Waals surface area contributed by atoms with Crippen molar-refractivity contribution >= 4 is 0 Å². The number of aliphatic hydroxyl groups excluding tert-OH is 1. The number of aliphatic hydroxyl groups is 1.